The maximum atomic E-state index is 11.2. The van der Waals surface area contributed by atoms with Gasteiger partial charge in [0.15, 0.2) is 6.10 Å². The molecular formula is C12H18O7. The van der Waals surface area contributed by atoms with Crippen LogP contribution in [0.2, 0.25) is 0 Å². The lowest BCUT2D eigenvalue weighted by atomic mass is 9.97. The quantitative estimate of drug-likeness (QED) is 0.548. The molecule has 0 spiro atoms. The van der Waals surface area contributed by atoms with E-state index in [1.165, 1.54) is 27.7 Å². The molecule has 0 aliphatic carbocycles. The van der Waals surface area contributed by atoms with Crippen LogP contribution < -0.4 is 0 Å². The van der Waals surface area contributed by atoms with Crippen LogP contribution in [0.15, 0.2) is 0 Å². The summed E-state index contributed by atoms with van der Waals surface area (Å²) >= 11 is 0. The summed E-state index contributed by atoms with van der Waals surface area (Å²) in [5.74, 6) is -1.71. The van der Waals surface area contributed by atoms with Crippen molar-refractivity contribution in [3.05, 3.63) is 0 Å². The van der Waals surface area contributed by atoms with E-state index in [0.717, 1.165) is 0 Å². The van der Waals surface area contributed by atoms with Gasteiger partial charge < -0.3 is 18.9 Å². The molecule has 1 aliphatic heterocycles. The minimum absolute atomic E-state index is 0.540. The molecule has 0 aromatic heterocycles. The number of ether oxygens (including phenoxy) is 4. The first kappa shape index (κ1) is 15.4. The molecule has 1 aliphatic rings. The van der Waals surface area contributed by atoms with Crippen LogP contribution in [-0.2, 0) is 33.3 Å². The fourth-order valence-corrected chi connectivity index (χ4v) is 2.10. The third-order valence-electron chi connectivity index (χ3n) is 2.73. The van der Waals surface area contributed by atoms with E-state index in [-0.39, 0.29) is 0 Å². The van der Waals surface area contributed by atoms with E-state index in [1.54, 1.807) is 6.92 Å². The zero-order chi connectivity index (χ0) is 14.8. The van der Waals surface area contributed by atoms with Crippen molar-refractivity contribution in [3.63, 3.8) is 0 Å². The Morgan fingerprint density at radius 3 is 1.95 bits per heavy atom. The van der Waals surface area contributed by atoms with Gasteiger partial charge in [-0.2, -0.15) is 0 Å². The van der Waals surface area contributed by atoms with Gasteiger partial charge in [0.05, 0.1) is 0 Å². The smallest absolute Gasteiger partial charge is 0.305 e. The lowest BCUT2D eigenvalue weighted by Crippen LogP contribution is -2.51. The van der Waals surface area contributed by atoms with Crippen molar-refractivity contribution in [1.29, 1.82) is 0 Å². The van der Waals surface area contributed by atoms with Crippen molar-refractivity contribution < 1.29 is 33.3 Å². The highest BCUT2D eigenvalue weighted by Crippen LogP contribution is 2.37. The first-order valence-corrected chi connectivity index (χ1v) is 5.86. The second kappa shape index (κ2) is 5.56. The summed E-state index contributed by atoms with van der Waals surface area (Å²) in [6, 6.07) is 0. The normalized spacial score (nSPS) is 33.6. The van der Waals surface area contributed by atoms with Crippen molar-refractivity contribution in [2.75, 3.05) is 0 Å². The van der Waals surface area contributed by atoms with E-state index in [2.05, 4.69) is 0 Å². The van der Waals surface area contributed by atoms with E-state index in [1.807, 2.05) is 0 Å². The first-order chi connectivity index (χ1) is 8.66. The third-order valence-corrected chi connectivity index (χ3v) is 2.73. The second-order valence-electron chi connectivity index (χ2n) is 4.59. The van der Waals surface area contributed by atoms with Gasteiger partial charge >= 0.3 is 17.9 Å². The molecule has 4 atom stereocenters. The number of hydrogen-bond acceptors (Lipinski definition) is 7. The van der Waals surface area contributed by atoms with Crippen molar-refractivity contribution in [1.82, 2.24) is 0 Å². The van der Waals surface area contributed by atoms with E-state index in [4.69, 9.17) is 18.9 Å². The Hall–Kier alpha value is -1.63. The summed E-state index contributed by atoms with van der Waals surface area (Å²) in [4.78, 5) is 33.4. The number of rotatable bonds is 3. The summed E-state index contributed by atoms with van der Waals surface area (Å²) in [6.07, 6.45) is -2.54. The van der Waals surface area contributed by atoms with Crippen LogP contribution in [0.25, 0.3) is 0 Å². The molecule has 19 heavy (non-hydrogen) atoms. The number of esters is 3. The maximum Gasteiger partial charge on any atom is 0.305 e. The number of carbonyl (C=O) groups is 3. The van der Waals surface area contributed by atoms with E-state index < -0.39 is 42.0 Å². The molecule has 0 bridgehead atoms. The lowest BCUT2D eigenvalue weighted by Gasteiger charge is -2.32. The summed E-state index contributed by atoms with van der Waals surface area (Å²) < 4.78 is 20.7. The Morgan fingerprint density at radius 1 is 1.00 bits per heavy atom. The molecule has 108 valence electrons. The summed E-state index contributed by atoms with van der Waals surface area (Å²) in [6.45, 7) is 6.79. The average molecular weight is 274 g/mol. The second-order valence-corrected chi connectivity index (χ2v) is 4.59. The molecule has 1 rings (SSSR count). The molecule has 1 fully saturated rings. The van der Waals surface area contributed by atoms with Gasteiger partial charge in [-0.15, -0.1) is 0 Å². The molecule has 7 nitrogen and oxygen atoms in total. The van der Waals surface area contributed by atoms with Crippen molar-refractivity contribution in [2.45, 2.75) is 58.7 Å². The highest BCUT2D eigenvalue weighted by atomic mass is 16.8. The average Bonchev–Trinajstić information content (AvgIpc) is 2.40. The Morgan fingerprint density at radius 2 is 1.53 bits per heavy atom. The van der Waals surface area contributed by atoms with Crippen molar-refractivity contribution in [2.24, 2.45) is 0 Å². The Labute approximate surface area is 111 Å². The van der Waals surface area contributed by atoms with Crippen LogP contribution in [0.3, 0.4) is 0 Å². The first-order valence-electron chi connectivity index (χ1n) is 5.86. The lowest BCUT2D eigenvalue weighted by molar-refractivity contribution is -0.219. The number of carbonyl (C=O) groups excluding carboxylic acids is 3. The molecule has 0 unspecified atom stereocenters. The van der Waals surface area contributed by atoms with Gasteiger partial charge in [-0.3, -0.25) is 14.4 Å². The minimum atomic E-state index is -1.37. The van der Waals surface area contributed by atoms with Crippen LogP contribution >= 0.6 is 0 Å². The van der Waals surface area contributed by atoms with Gasteiger partial charge in [-0.25, -0.2) is 0 Å². The Bertz CT molecular complexity index is 392. The molecule has 0 aromatic rings. The highest BCUT2D eigenvalue weighted by Gasteiger charge is 2.59. The summed E-state index contributed by atoms with van der Waals surface area (Å²) in [5.41, 5.74) is -1.37. The SMILES string of the molecule is CC(=O)O[C@H]1O[C@H](C)[C@@H](OC(C)=O)[C@@]1(C)OC(C)=O. The molecule has 0 amide bonds. The predicted octanol–water partition coefficient (Wildman–Crippen LogP) is 0.548. The van der Waals surface area contributed by atoms with Crippen molar-refractivity contribution in [3.8, 4) is 0 Å². The summed E-state index contributed by atoms with van der Waals surface area (Å²) in [5, 5.41) is 0. The van der Waals surface area contributed by atoms with Crippen molar-refractivity contribution >= 4 is 17.9 Å². The molecule has 0 saturated carbocycles. The molecule has 0 radical (unpaired) electrons. The van der Waals surface area contributed by atoms with E-state index in [9.17, 15) is 14.4 Å². The molecule has 1 saturated heterocycles. The van der Waals surface area contributed by atoms with Gasteiger partial charge in [0.2, 0.25) is 11.9 Å². The van der Waals surface area contributed by atoms with Gasteiger partial charge in [0, 0.05) is 20.8 Å². The maximum absolute atomic E-state index is 11.2. The molecule has 0 aromatic carbocycles. The van der Waals surface area contributed by atoms with Crippen LogP contribution in [0.4, 0.5) is 0 Å². The zero-order valence-corrected chi connectivity index (χ0v) is 11.6. The van der Waals surface area contributed by atoms with Crippen LogP contribution in [0.1, 0.15) is 34.6 Å². The molecular weight excluding hydrogens is 256 g/mol. The highest BCUT2D eigenvalue weighted by molar-refractivity contribution is 5.69. The van der Waals surface area contributed by atoms with Crippen LogP contribution in [0.5, 0.6) is 0 Å². The van der Waals surface area contributed by atoms with Crippen LogP contribution in [-0.4, -0.2) is 42.0 Å². The zero-order valence-electron chi connectivity index (χ0n) is 11.6. The predicted molar refractivity (Wildman–Crippen MR) is 61.8 cm³/mol. The van der Waals surface area contributed by atoms with Gasteiger partial charge in [-0.1, -0.05) is 0 Å². The van der Waals surface area contributed by atoms with Gasteiger partial charge in [0.1, 0.15) is 6.10 Å². The van der Waals surface area contributed by atoms with E-state index >= 15 is 0 Å². The molecule has 7 heteroatoms. The number of hydrogen-bond donors (Lipinski definition) is 0. The Balaban J connectivity index is 3.03. The Kier molecular flexibility index (Phi) is 4.52. The molecule has 0 N–H and O–H groups in total. The van der Waals surface area contributed by atoms with Crippen LogP contribution in [0, 0.1) is 0 Å². The largest absolute Gasteiger partial charge is 0.455 e. The van der Waals surface area contributed by atoms with E-state index in [0.29, 0.717) is 0 Å². The third kappa shape index (κ3) is 3.44. The standard InChI is InChI=1S/C12H18O7/c1-6-10(17-7(2)13)12(5,19-9(4)15)11(16-6)18-8(3)14/h6,10-11H,1-5H3/t6-,10-,11-,12-/m1/s1. The molecule has 1 heterocycles. The fourth-order valence-electron chi connectivity index (χ4n) is 2.10. The fraction of sp³-hybridized carbons (Fsp3) is 0.750. The minimum Gasteiger partial charge on any atom is -0.455 e. The topological polar surface area (TPSA) is 88.1 Å². The monoisotopic (exact) mass is 274 g/mol. The van der Waals surface area contributed by atoms with Gasteiger partial charge in [0.25, 0.3) is 0 Å². The summed E-state index contributed by atoms with van der Waals surface area (Å²) in [7, 11) is 0. The van der Waals surface area contributed by atoms with Gasteiger partial charge in [-0.05, 0) is 13.8 Å².